The number of carbonyl (C=O) groups is 1. The van der Waals surface area contributed by atoms with Crippen molar-refractivity contribution in [2.24, 2.45) is 0 Å². The number of anilines is 1. The molecule has 0 spiro atoms. The second-order valence-electron chi connectivity index (χ2n) is 9.00. The molecule has 5 rings (SSSR count). The number of amides is 1. The number of carboxylic acid groups (broad SMARTS) is 1. The largest absolute Gasteiger partial charge is 0.465 e. The Morgan fingerprint density at radius 2 is 2.12 bits per heavy atom. The fourth-order valence-electron chi connectivity index (χ4n) is 5.19. The van der Waals surface area contributed by atoms with E-state index in [1.54, 1.807) is 6.20 Å². The maximum absolute atomic E-state index is 12.3. The van der Waals surface area contributed by atoms with Crippen LogP contribution in [0.15, 0.2) is 30.6 Å². The highest BCUT2D eigenvalue weighted by atomic mass is 32.2. The van der Waals surface area contributed by atoms with Crippen LogP contribution in [0.25, 0.3) is 11.0 Å². The zero-order valence-corrected chi connectivity index (χ0v) is 19.0. The van der Waals surface area contributed by atoms with Gasteiger partial charge in [-0.1, -0.05) is 6.92 Å². The smallest absolute Gasteiger partial charge is 0.412 e. The lowest BCUT2D eigenvalue weighted by Crippen LogP contribution is -2.41. The monoisotopic (exact) mass is 457 g/mol. The predicted molar refractivity (Wildman–Crippen MR) is 121 cm³/mol. The molecule has 1 fully saturated rings. The summed E-state index contributed by atoms with van der Waals surface area (Å²) in [7, 11) is -3.08. The van der Waals surface area contributed by atoms with Crippen LogP contribution in [0.3, 0.4) is 0 Å². The van der Waals surface area contributed by atoms with Crippen LogP contribution in [0, 0.1) is 0 Å². The molecule has 2 aromatic heterocycles. The number of benzene rings is 1. The van der Waals surface area contributed by atoms with Gasteiger partial charge in [0.15, 0.2) is 9.84 Å². The highest BCUT2D eigenvalue weighted by molar-refractivity contribution is 7.91. The van der Waals surface area contributed by atoms with E-state index in [0.29, 0.717) is 18.7 Å². The maximum atomic E-state index is 12.3. The lowest BCUT2D eigenvalue weighted by Gasteiger charge is -2.33. The molecule has 1 saturated heterocycles. The minimum absolute atomic E-state index is 0.000606. The summed E-state index contributed by atoms with van der Waals surface area (Å²) in [5, 5.41) is 14.1. The predicted octanol–water partition coefficient (Wildman–Crippen LogP) is 3.22. The highest BCUT2D eigenvalue weighted by Crippen LogP contribution is 2.39. The molecule has 0 bridgehead atoms. The number of rotatable bonds is 4. The van der Waals surface area contributed by atoms with Crippen molar-refractivity contribution in [3.63, 3.8) is 0 Å². The van der Waals surface area contributed by atoms with E-state index in [1.807, 2.05) is 36.0 Å². The number of sulfone groups is 1. The Balaban J connectivity index is 1.67. The summed E-state index contributed by atoms with van der Waals surface area (Å²) in [5.41, 5.74) is 3.27. The minimum atomic E-state index is -3.08. The number of fused-ring (bicyclic) bond motifs is 3. The first-order valence-corrected chi connectivity index (χ1v) is 12.8. The summed E-state index contributed by atoms with van der Waals surface area (Å²) in [4.78, 5) is 18.4. The van der Waals surface area contributed by atoms with Gasteiger partial charge in [0, 0.05) is 29.9 Å². The molecule has 0 unspecified atom stereocenters. The summed E-state index contributed by atoms with van der Waals surface area (Å²) < 4.78 is 28.5. The van der Waals surface area contributed by atoms with Gasteiger partial charge in [0.25, 0.3) is 0 Å². The number of imidazole rings is 1. The fourth-order valence-corrected chi connectivity index (χ4v) is 6.89. The quantitative estimate of drug-likeness (QED) is 0.644. The van der Waals surface area contributed by atoms with Crippen molar-refractivity contribution in [2.45, 2.75) is 57.7 Å². The lowest BCUT2D eigenvalue weighted by atomic mass is 9.95. The molecule has 3 atom stereocenters. The van der Waals surface area contributed by atoms with Crippen molar-refractivity contribution in [3.8, 4) is 0 Å². The second kappa shape index (κ2) is 7.61. The molecule has 4 heterocycles. The fraction of sp³-hybridized carbons (Fsp3) is 0.500. The summed E-state index contributed by atoms with van der Waals surface area (Å²) in [6.07, 6.45) is 4.69. The van der Waals surface area contributed by atoms with Crippen LogP contribution in [-0.2, 0) is 22.8 Å². The summed E-state index contributed by atoms with van der Waals surface area (Å²) in [5.74, 6) is 1.11. The van der Waals surface area contributed by atoms with Crippen molar-refractivity contribution < 1.29 is 18.3 Å². The van der Waals surface area contributed by atoms with Gasteiger partial charge in [-0.25, -0.2) is 18.2 Å². The van der Waals surface area contributed by atoms with Crippen LogP contribution >= 0.6 is 0 Å². The first kappa shape index (κ1) is 21.0. The molecular weight excluding hydrogens is 430 g/mol. The zero-order valence-electron chi connectivity index (χ0n) is 18.2. The molecule has 1 N–H and O–H groups in total. The molecular formula is C22H27N5O4S. The van der Waals surface area contributed by atoms with E-state index in [2.05, 4.69) is 16.6 Å². The molecule has 10 heteroatoms. The Kier molecular flexibility index (Phi) is 4.99. The third-order valence-corrected chi connectivity index (χ3v) is 8.47. The number of hydrogen-bond donors (Lipinski definition) is 1. The maximum Gasteiger partial charge on any atom is 0.412 e. The van der Waals surface area contributed by atoms with Crippen molar-refractivity contribution >= 4 is 32.7 Å². The molecule has 3 aromatic rings. The number of nitrogens with zero attached hydrogens (tertiary/aromatic N) is 5. The van der Waals surface area contributed by atoms with Gasteiger partial charge in [0.2, 0.25) is 0 Å². The molecule has 32 heavy (non-hydrogen) atoms. The van der Waals surface area contributed by atoms with Crippen molar-refractivity contribution in [2.75, 3.05) is 16.4 Å². The topological polar surface area (TPSA) is 110 Å². The summed E-state index contributed by atoms with van der Waals surface area (Å²) >= 11 is 0. The van der Waals surface area contributed by atoms with Gasteiger partial charge in [0.05, 0.1) is 40.8 Å². The Hall–Kier alpha value is -2.88. The average Bonchev–Trinajstić information content (AvgIpc) is 3.45. The van der Waals surface area contributed by atoms with E-state index < -0.39 is 15.9 Å². The molecule has 170 valence electrons. The van der Waals surface area contributed by atoms with Crippen molar-refractivity contribution in [3.05, 3.63) is 42.0 Å². The number of aryl methyl sites for hydroxylation is 1. The van der Waals surface area contributed by atoms with Crippen LogP contribution in [0.1, 0.15) is 50.0 Å². The molecule has 2 aliphatic heterocycles. The van der Waals surface area contributed by atoms with E-state index in [1.165, 1.54) is 4.90 Å². The Morgan fingerprint density at radius 1 is 1.31 bits per heavy atom. The van der Waals surface area contributed by atoms with Gasteiger partial charge < -0.3 is 9.67 Å². The normalized spacial score (nSPS) is 23.4. The van der Waals surface area contributed by atoms with Crippen LogP contribution in [0.4, 0.5) is 10.5 Å². The molecule has 0 aliphatic carbocycles. The standard InChI is InChI=1S/C22H27N5O4S/c1-14(12-25-10-3-9-23-25)21-24-20-17-5-4-15(2)26(22(28)29)18(17)6-7-19(20)27(21)16-8-11-32(30,31)13-16/h3,6-7,9-10,14-16H,4-5,8,11-13H2,1-2H3,(H,28,29)/t14-,15+,16+/m1/s1. The van der Waals surface area contributed by atoms with Crippen molar-refractivity contribution in [1.29, 1.82) is 0 Å². The third-order valence-electron chi connectivity index (χ3n) is 6.72. The Labute approximate surface area is 186 Å². The average molecular weight is 458 g/mol. The number of hydrogen-bond acceptors (Lipinski definition) is 5. The van der Waals surface area contributed by atoms with Gasteiger partial charge >= 0.3 is 6.09 Å². The van der Waals surface area contributed by atoms with Crippen LogP contribution in [0.2, 0.25) is 0 Å². The summed E-state index contributed by atoms with van der Waals surface area (Å²) in [6.45, 7) is 4.61. The van der Waals surface area contributed by atoms with Gasteiger partial charge in [-0.15, -0.1) is 0 Å². The van der Waals surface area contributed by atoms with Gasteiger partial charge in [0.1, 0.15) is 5.82 Å². The van der Waals surface area contributed by atoms with E-state index in [9.17, 15) is 18.3 Å². The molecule has 1 aromatic carbocycles. The number of aromatic nitrogens is 4. The molecule has 9 nitrogen and oxygen atoms in total. The minimum Gasteiger partial charge on any atom is -0.465 e. The highest BCUT2D eigenvalue weighted by Gasteiger charge is 2.35. The van der Waals surface area contributed by atoms with Gasteiger partial charge in [-0.2, -0.15) is 5.10 Å². The van der Waals surface area contributed by atoms with E-state index >= 15 is 0 Å². The van der Waals surface area contributed by atoms with Crippen molar-refractivity contribution in [1.82, 2.24) is 19.3 Å². The van der Waals surface area contributed by atoms with Gasteiger partial charge in [-0.3, -0.25) is 9.58 Å². The first-order chi connectivity index (χ1) is 15.2. The van der Waals surface area contributed by atoms with E-state index in [0.717, 1.165) is 35.3 Å². The Bertz CT molecular complexity index is 1280. The van der Waals surface area contributed by atoms with Crippen LogP contribution in [0.5, 0.6) is 0 Å². The second-order valence-corrected chi connectivity index (χ2v) is 11.2. The SMILES string of the molecule is C[C@H](Cn1cccn1)c1nc2c3c(ccc2n1[C@H]1CCS(=O)(=O)C1)N(C(=O)O)[C@@H](C)CC3. The van der Waals surface area contributed by atoms with Crippen LogP contribution < -0.4 is 4.90 Å². The lowest BCUT2D eigenvalue weighted by molar-refractivity contribution is 0.198. The summed E-state index contributed by atoms with van der Waals surface area (Å²) in [6, 6.07) is 5.36. The molecule has 1 amide bonds. The van der Waals surface area contributed by atoms with Gasteiger partial charge in [-0.05, 0) is 44.4 Å². The molecule has 2 aliphatic rings. The van der Waals surface area contributed by atoms with E-state index in [4.69, 9.17) is 4.98 Å². The zero-order chi connectivity index (χ0) is 22.6. The molecule has 0 radical (unpaired) electrons. The third kappa shape index (κ3) is 3.46. The van der Waals surface area contributed by atoms with Crippen LogP contribution in [-0.4, -0.2) is 56.5 Å². The molecule has 0 saturated carbocycles. The first-order valence-electron chi connectivity index (χ1n) is 11.0. The van der Waals surface area contributed by atoms with E-state index in [-0.39, 0.29) is 29.5 Å². The Morgan fingerprint density at radius 3 is 2.78 bits per heavy atom.